The van der Waals surface area contributed by atoms with Crippen molar-refractivity contribution in [3.8, 4) is 0 Å². The monoisotopic (exact) mass is 217 g/mol. The Morgan fingerprint density at radius 2 is 1.71 bits per heavy atom. The number of piperidine rings is 3. The van der Waals surface area contributed by atoms with Gasteiger partial charge in [0, 0.05) is 19.6 Å². The van der Waals surface area contributed by atoms with Gasteiger partial charge in [0.15, 0.2) is 0 Å². The molecule has 4 heteroatoms. The highest BCUT2D eigenvalue weighted by molar-refractivity contribution is 5.85. The second kappa shape index (κ2) is 3.38. The van der Waals surface area contributed by atoms with Crippen molar-refractivity contribution in [3.63, 3.8) is 0 Å². The highest BCUT2D eigenvalue weighted by atomic mass is 35.5. The number of hydrogen-bond donors (Lipinski definition) is 1. The van der Waals surface area contributed by atoms with Crippen molar-refractivity contribution < 1.29 is 9.90 Å². The maximum atomic E-state index is 11.1. The molecule has 4 bridgehead atoms. The Kier molecular flexibility index (Phi) is 2.48. The van der Waals surface area contributed by atoms with Gasteiger partial charge in [-0.1, -0.05) is 0 Å². The summed E-state index contributed by atoms with van der Waals surface area (Å²) in [5.74, 6) is 1.17. The minimum Gasteiger partial charge on any atom is -0.481 e. The van der Waals surface area contributed by atoms with Gasteiger partial charge in [-0.05, 0) is 30.6 Å². The lowest BCUT2D eigenvalue weighted by Gasteiger charge is -2.54. The standard InChI is InChI=1S/C10H15NO2.ClH/c12-10(13)9-7-1-6-2-8(9)5-11(3-6)4-7;/h6-9H,1-5H2,(H,12,13);1H/t6?,7-,8+,9?;. The van der Waals surface area contributed by atoms with Crippen LogP contribution in [0.2, 0.25) is 0 Å². The van der Waals surface area contributed by atoms with Gasteiger partial charge in [0.05, 0.1) is 5.92 Å². The summed E-state index contributed by atoms with van der Waals surface area (Å²) in [6, 6.07) is 0. The van der Waals surface area contributed by atoms with Crippen molar-refractivity contribution in [2.45, 2.75) is 12.8 Å². The van der Waals surface area contributed by atoms with E-state index in [4.69, 9.17) is 5.11 Å². The van der Waals surface area contributed by atoms with Crippen LogP contribution in [0.15, 0.2) is 0 Å². The normalized spacial score (nSPS) is 48.7. The molecule has 5 atom stereocenters. The maximum Gasteiger partial charge on any atom is 0.307 e. The Hall–Kier alpha value is -0.280. The molecule has 14 heavy (non-hydrogen) atoms. The lowest BCUT2D eigenvalue weighted by atomic mass is 9.62. The first-order valence-electron chi connectivity index (χ1n) is 5.19. The third-order valence-electron chi connectivity index (χ3n) is 4.07. The largest absolute Gasteiger partial charge is 0.481 e. The van der Waals surface area contributed by atoms with Gasteiger partial charge in [-0.25, -0.2) is 0 Å². The summed E-state index contributed by atoms with van der Waals surface area (Å²) in [6.07, 6.45) is 2.34. The minimum absolute atomic E-state index is 0. The lowest BCUT2D eigenvalue weighted by molar-refractivity contribution is -0.157. The molecule has 3 saturated heterocycles. The topological polar surface area (TPSA) is 40.5 Å². The zero-order valence-corrected chi connectivity index (χ0v) is 8.87. The Morgan fingerprint density at radius 3 is 2.14 bits per heavy atom. The van der Waals surface area contributed by atoms with Gasteiger partial charge >= 0.3 is 5.97 Å². The Balaban J connectivity index is 0.000000750. The Morgan fingerprint density at radius 1 is 1.14 bits per heavy atom. The molecule has 3 unspecified atom stereocenters. The molecule has 1 N–H and O–H groups in total. The van der Waals surface area contributed by atoms with E-state index in [9.17, 15) is 4.79 Å². The second-order valence-electron chi connectivity index (χ2n) is 4.94. The molecule has 1 aliphatic carbocycles. The summed E-state index contributed by atoms with van der Waals surface area (Å²) in [6.45, 7) is 3.33. The summed E-state index contributed by atoms with van der Waals surface area (Å²) in [5.41, 5.74) is 0. The SMILES string of the molecule is Cl.O=C(O)C1[C@@H]2CC3C[C@H]1CN(C3)C2. The number of halogens is 1. The average Bonchev–Trinajstić information content (AvgIpc) is 2.00. The number of carboxylic acids is 1. The van der Waals surface area contributed by atoms with E-state index in [1.165, 1.54) is 19.4 Å². The van der Waals surface area contributed by atoms with Gasteiger partial charge in [0.2, 0.25) is 0 Å². The number of nitrogens with zero attached hydrogens (tertiary/aromatic N) is 1. The fourth-order valence-corrected chi connectivity index (χ4v) is 3.81. The first-order valence-corrected chi connectivity index (χ1v) is 5.19. The van der Waals surface area contributed by atoms with Crippen molar-refractivity contribution in [3.05, 3.63) is 0 Å². The maximum absolute atomic E-state index is 11.1. The van der Waals surface area contributed by atoms with Gasteiger partial charge in [-0.15, -0.1) is 12.4 Å². The van der Waals surface area contributed by atoms with E-state index in [0.717, 1.165) is 19.0 Å². The molecule has 1 saturated carbocycles. The van der Waals surface area contributed by atoms with Crippen molar-refractivity contribution in [1.29, 1.82) is 0 Å². The molecule has 0 aromatic rings. The summed E-state index contributed by atoms with van der Waals surface area (Å²) in [4.78, 5) is 13.5. The first-order chi connectivity index (χ1) is 6.24. The highest BCUT2D eigenvalue weighted by Crippen LogP contribution is 2.46. The van der Waals surface area contributed by atoms with Crippen LogP contribution >= 0.6 is 12.4 Å². The zero-order chi connectivity index (χ0) is 9.00. The molecule has 4 rings (SSSR count). The van der Waals surface area contributed by atoms with Crippen LogP contribution in [0.4, 0.5) is 0 Å². The van der Waals surface area contributed by atoms with Crippen LogP contribution < -0.4 is 0 Å². The first kappa shape index (κ1) is 10.2. The molecule has 0 radical (unpaired) electrons. The van der Waals surface area contributed by atoms with Gasteiger partial charge in [-0.2, -0.15) is 0 Å². The molecule has 4 aliphatic rings. The van der Waals surface area contributed by atoms with Gasteiger partial charge < -0.3 is 10.0 Å². The van der Waals surface area contributed by atoms with Gasteiger partial charge in [-0.3, -0.25) is 4.79 Å². The molecule has 0 aromatic carbocycles. The molecule has 0 aromatic heterocycles. The van der Waals surface area contributed by atoms with Crippen molar-refractivity contribution in [1.82, 2.24) is 4.90 Å². The van der Waals surface area contributed by atoms with E-state index in [-0.39, 0.29) is 18.3 Å². The van der Waals surface area contributed by atoms with E-state index in [1.54, 1.807) is 0 Å². The van der Waals surface area contributed by atoms with E-state index in [2.05, 4.69) is 4.90 Å². The Bertz CT molecular complexity index is 229. The zero-order valence-electron chi connectivity index (χ0n) is 8.06. The summed E-state index contributed by atoms with van der Waals surface area (Å²) >= 11 is 0. The molecular weight excluding hydrogens is 202 g/mol. The number of hydrogen-bond acceptors (Lipinski definition) is 2. The van der Waals surface area contributed by atoms with Crippen molar-refractivity contribution >= 4 is 18.4 Å². The molecule has 3 heterocycles. The van der Waals surface area contributed by atoms with Crippen LogP contribution in [0.3, 0.4) is 0 Å². The second-order valence-corrected chi connectivity index (χ2v) is 4.94. The molecule has 0 amide bonds. The van der Waals surface area contributed by atoms with Crippen LogP contribution in [0, 0.1) is 23.7 Å². The third kappa shape index (κ3) is 1.34. The van der Waals surface area contributed by atoms with E-state index < -0.39 is 5.97 Å². The Labute approximate surface area is 89.9 Å². The van der Waals surface area contributed by atoms with Crippen LogP contribution in [-0.2, 0) is 4.79 Å². The summed E-state index contributed by atoms with van der Waals surface area (Å²) < 4.78 is 0. The number of carbonyl (C=O) groups is 1. The summed E-state index contributed by atoms with van der Waals surface area (Å²) in [7, 11) is 0. The quantitative estimate of drug-likeness (QED) is 0.715. The van der Waals surface area contributed by atoms with E-state index in [0.29, 0.717) is 11.8 Å². The molecule has 0 spiro atoms. The van der Waals surface area contributed by atoms with E-state index >= 15 is 0 Å². The molecule has 3 aliphatic heterocycles. The lowest BCUT2D eigenvalue weighted by Crippen LogP contribution is -2.59. The van der Waals surface area contributed by atoms with Crippen LogP contribution in [0.5, 0.6) is 0 Å². The average molecular weight is 218 g/mol. The number of aliphatic carboxylic acids is 1. The van der Waals surface area contributed by atoms with Crippen molar-refractivity contribution in [2.24, 2.45) is 23.7 Å². The number of carboxylic acid groups (broad SMARTS) is 1. The minimum atomic E-state index is -0.546. The molecular formula is C10H16ClNO2. The van der Waals surface area contributed by atoms with Crippen molar-refractivity contribution in [2.75, 3.05) is 19.6 Å². The number of rotatable bonds is 1. The van der Waals surface area contributed by atoms with Gasteiger partial charge in [0.1, 0.15) is 0 Å². The third-order valence-corrected chi connectivity index (χ3v) is 4.07. The predicted molar refractivity (Wildman–Crippen MR) is 54.5 cm³/mol. The fraction of sp³-hybridized carbons (Fsp3) is 0.900. The molecule has 3 nitrogen and oxygen atoms in total. The van der Waals surface area contributed by atoms with Gasteiger partial charge in [0.25, 0.3) is 0 Å². The van der Waals surface area contributed by atoms with E-state index in [1.807, 2.05) is 0 Å². The molecule has 80 valence electrons. The fourth-order valence-electron chi connectivity index (χ4n) is 3.81. The predicted octanol–water partition coefficient (Wildman–Crippen LogP) is 1.08. The van der Waals surface area contributed by atoms with Crippen LogP contribution in [0.1, 0.15) is 12.8 Å². The molecule has 4 fully saturated rings. The summed E-state index contributed by atoms with van der Waals surface area (Å²) in [5, 5.41) is 9.13. The highest BCUT2D eigenvalue weighted by Gasteiger charge is 2.50. The smallest absolute Gasteiger partial charge is 0.307 e. The van der Waals surface area contributed by atoms with Crippen LogP contribution in [0.25, 0.3) is 0 Å². The van der Waals surface area contributed by atoms with Crippen LogP contribution in [-0.4, -0.2) is 35.6 Å².